The van der Waals surface area contributed by atoms with Crippen LogP contribution in [0.5, 0.6) is 0 Å². The number of carbonyl (C=O) groups excluding carboxylic acids is 2. The van der Waals surface area contributed by atoms with Gasteiger partial charge >= 0.3 is 17.5 Å². The first-order valence-electron chi connectivity index (χ1n) is 3.96. The van der Waals surface area contributed by atoms with E-state index in [0.29, 0.717) is 0 Å². The quantitative estimate of drug-likeness (QED) is 0.458. The van der Waals surface area contributed by atoms with Gasteiger partial charge in [-0.1, -0.05) is 6.07 Å². The van der Waals surface area contributed by atoms with Crippen LogP contribution in [0.15, 0.2) is 36.4 Å². The molecule has 0 fully saturated rings. The van der Waals surface area contributed by atoms with Crippen molar-refractivity contribution in [1.82, 2.24) is 5.32 Å². The summed E-state index contributed by atoms with van der Waals surface area (Å²) in [5.74, 6) is -1.91. The Bertz CT molecular complexity index is 437. The number of carbonyl (C=O) groups is 2. The molecule has 0 aliphatic carbocycles. The van der Waals surface area contributed by atoms with E-state index in [2.05, 4.69) is 0 Å². The van der Waals surface area contributed by atoms with Crippen LogP contribution in [-0.2, 0) is 9.59 Å². The summed E-state index contributed by atoms with van der Waals surface area (Å²) in [6, 6.07) is 5.15. The molecular weight excluding hydrogens is 184 g/mol. The second-order valence-electron chi connectivity index (χ2n) is 2.76. The summed E-state index contributed by atoms with van der Waals surface area (Å²) >= 11 is 0. The first kappa shape index (κ1) is 8.43. The van der Waals surface area contributed by atoms with E-state index in [1.54, 1.807) is 30.6 Å². The van der Waals surface area contributed by atoms with Crippen molar-refractivity contribution < 1.29 is 19.3 Å². The molecule has 70 valence electrons. The fourth-order valence-corrected chi connectivity index (χ4v) is 1.22. The molecule has 2 rings (SSSR count). The molecule has 1 aliphatic rings. The van der Waals surface area contributed by atoms with Crippen LogP contribution in [0.4, 0.5) is 0 Å². The molecule has 2 heterocycles. The second kappa shape index (κ2) is 2.95. The number of hydrogen-bond donors (Lipinski definition) is 2. The molecule has 0 radical (unpaired) electrons. The zero-order valence-corrected chi connectivity index (χ0v) is 7.10. The molecule has 5 heteroatoms. The average molecular weight is 191 g/mol. The number of aliphatic hydroxyl groups excluding tert-OH is 1. The Morgan fingerprint density at radius 2 is 1.71 bits per heavy atom. The van der Waals surface area contributed by atoms with Crippen LogP contribution in [0.25, 0.3) is 5.70 Å². The fraction of sp³-hybridized carbons (Fsp3) is 0. The van der Waals surface area contributed by atoms with Gasteiger partial charge in [-0.25, -0.2) is 0 Å². The fourth-order valence-electron chi connectivity index (χ4n) is 1.22. The third-order valence-electron chi connectivity index (χ3n) is 1.86. The van der Waals surface area contributed by atoms with Gasteiger partial charge in [0.15, 0.2) is 12.4 Å². The van der Waals surface area contributed by atoms with Crippen molar-refractivity contribution in [2.24, 2.45) is 0 Å². The monoisotopic (exact) mass is 191 g/mol. The maximum atomic E-state index is 11.2. The molecule has 0 unspecified atom stereocenters. The number of pyridine rings is 1. The van der Waals surface area contributed by atoms with Crippen LogP contribution in [0, 0.1) is 0 Å². The van der Waals surface area contributed by atoms with Crippen molar-refractivity contribution in [3.05, 3.63) is 36.4 Å². The minimum absolute atomic E-state index is 0.0457. The summed E-state index contributed by atoms with van der Waals surface area (Å²) in [6.45, 7) is 0. The Morgan fingerprint density at radius 3 is 2.21 bits per heavy atom. The van der Waals surface area contributed by atoms with Gasteiger partial charge < -0.3 is 5.11 Å². The maximum Gasteiger partial charge on any atom is 0.327 e. The van der Waals surface area contributed by atoms with E-state index in [0.717, 1.165) is 0 Å². The third kappa shape index (κ3) is 1.15. The second-order valence-corrected chi connectivity index (χ2v) is 2.76. The van der Waals surface area contributed by atoms with Gasteiger partial charge in [-0.2, -0.15) is 4.57 Å². The highest BCUT2D eigenvalue weighted by Crippen LogP contribution is 2.08. The molecule has 0 saturated carbocycles. The first-order chi connectivity index (χ1) is 6.70. The lowest BCUT2D eigenvalue weighted by Crippen LogP contribution is -2.37. The van der Waals surface area contributed by atoms with Crippen molar-refractivity contribution in [1.29, 1.82) is 0 Å². The highest BCUT2D eigenvalue weighted by atomic mass is 16.3. The molecule has 2 amide bonds. The van der Waals surface area contributed by atoms with Crippen LogP contribution >= 0.6 is 0 Å². The molecule has 0 spiro atoms. The lowest BCUT2D eigenvalue weighted by Gasteiger charge is -1.91. The molecule has 2 N–H and O–H groups in total. The average Bonchev–Trinajstić information content (AvgIpc) is 2.43. The number of hydrogen-bond acceptors (Lipinski definition) is 3. The van der Waals surface area contributed by atoms with E-state index in [-0.39, 0.29) is 5.70 Å². The number of amides is 2. The van der Waals surface area contributed by atoms with Crippen molar-refractivity contribution in [2.45, 2.75) is 0 Å². The van der Waals surface area contributed by atoms with E-state index in [9.17, 15) is 14.7 Å². The molecule has 1 aromatic rings. The minimum Gasteiger partial charge on any atom is -0.498 e. The highest BCUT2D eigenvalue weighted by molar-refractivity contribution is 6.28. The van der Waals surface area contributed by atoms with E-state index in [1.807, 2.05) is 5.32 Å². The Labute approximate surface area is 79.3 Å². The zero-order chi connectivity index (χ0) is 10.1. The maximum absolute atomic E-state index is 11.2. The molecule has 0 saturated heterocycles. The van der Waals surface area contributed by atoms with Crippen molar-refractivity contribution >= 4 is 17.5 Å². The zero-order valence-electron chi connectivity index (χ0n) is 7.10. The molecule has 0 bridgehead atoms. The van der Waals surface area contributed by atoms with E-state index < -0.39 is 17.6 Å². The SMILES string of the molecule is O=C1NC(=O)C([n+]2ccccc2)=C1O. The summed E-state index contributed by atoms with van der Waals surface area (Å²) in [5, 5.41) is 11.3. The lowest BCUT2D eigenvalue weighted by molar-refractivity contribution is -0.578. The summed E-state index contributed by atoms with van der Waals surface area (Å²) < 4.78 is 1.38. The predicted octanol–water partition coefficient (Wildman–Crippen LogP) is -0.643. The predicted molar refractivity (Wildman–Crippen MR) is 45.6 cm³/mol. The Balaban J connectivity index is 2.54. The number of nitrogens with zero attached hydrogens (tertiary/aromatic N) is 1. The first-order valence-corrected chi connectivity index (χ1v) is 3.96. The van der Waals surface area contributed by atoms with Crippen molar-refractivity contribution in [2.75, 3.05) is 0 Å². The lowest BCUT2D eigenvalue weighted by atomic mass is 10.3. The summed E-state index contributed by atoms with van der Waals surface area (Å²) in [6.07, 6.45) is 3.15. The van der Waals surface area contributed by atoms with Gasteiger partial charge in [-0.15, -0.1) is 0 Å². The van der Waals surface area contributed by atoms with E-state index in [4.69, 9.17) is 0 Å². The molecule has 14 heavy (non-hydrogen) atoms. The molecule has 5 nitrogen and oxygen atoms in total. The molecule has 1 aliphatic heterocycles. The summed E-state index contributed by atoms with van der Waals surface area (Å²) in [5.41, 5.74) is -0.0457. The van der Waals surface area contributed by atoms with Crippen molar-refractivity contribution in [3.8, 4) is 0 Å². The number of nitrogens with one attached hydrogen (secondary N) is 1. The molecule has 1 aromatic heterocycles. The van der Waals surface area contributed by atoms with Crippen LogP contribution in [-0.4, -0.2) is 16.9 Å². The van der Waals surface area contributed by atoms with Gasteiger partial charge in [-0.3, -0.25) is 14.9 Å². The molecule has 0 atom stereocenters. The number of aliphatic hydroxyl groups is 1. The molecular formula is C9H7N2O3+. The standard InChI is InChI=1S/C9H6N2O3/c12-7-6(8(13)10-9(7)14)11-4-2-1-3-5-11/h1-5H,(H-,10,12,13,14)/p+1. The normalized spacial score (nSPS) is 16.0. The number of rotatable bonds is 1. The van der Waals surface area contributed by atoms with Crippen LogP contribution < -0.4 is 9.88 Å². The topological polar surface area (TPSA) is 70.3 Å². The van der Waals surface area contributed by atoms with Gasteiger partial charge in [0.2, 0.25) is 0 Å². The third-order valence-corrected chi connectivity index (χ3v) is 1.86. The number of aromatic nitrogens is 1. The molecule has 0 aromatic carbocycles. The largest absolute Gasteiger partial charge is 0.498 e. The van der Waals surface area contributed by atoms with Crippen LogP contribution in [0.2, 0.25) is 0 Å². The smallest absolute Gasteiger partial charge is 0.327 e. The van der Waals surface area contributed by atoms with Gasteiger partial charge in [0.1, 0.15) is 0 Å². The van der Waals surface area contributed by atoms with E-state index in [1.165, 1.54) is 4.57 Å². The van der Waals surface area contributed by atoms with Crippen molar-refractivity contribution in [3.63, 3.8) is 0 Å². The van der Waals surface area contributed by atoms with Crippen LogP contribution in [0.1, 0.15) is 0 Å². The summed E-state index contributed by atoms with van der Waals surface area (Å²) in [4.78, 5) is 22.1. The Hall–Kier alpha value is -2.17. The Kier molecular flexibility index (Phi) is 1.78. The summed E-state index contributed by atoms with van der Waals surface area (Å²) in [7, 11) is 0. The minimum atomic E-state index is -0.763. The van der Waals surface area contributed by atoms with Gasteiger partial charge in [0, 0.05) is 12.1 Å². The Morgan fingerprint density at radius 1 is 1.07 bits per heavy atom. The van der Waals surface area contributed by atoms with Gasteiger partial charge in [-0.05, 0) is 0 Å². The van der Waals surface area contributed by atoms with E-state index >= 15 is 0 Å². The van der Waals surface area contributed by atoms with Crippen LogP contribution in [0.3, 0.4) is 0 Å². The van der Waals surface area contributed by atoms with Gasteiger partial charge in [0.25, 0.3) is 5.76 Å². The highest BCUT2D eigenvalue weighted by Gasteiger charge is 2.37. The number of imide groups is 1. The van der Waals surface area contributed by atoms with Gasteiger partial charge in [0.05, 0.1) is 0 Å².